The molecule has 0 spiro atoms. The van der Waals surface area contributed by atoms with Crippen LogP contribution in [0.15, 0.2) is 12.1 Å². The monoisotopic (exact) mass is 279 g/mol. The molecular formula is C16H29N3O. The number of nitrogens with two attached hydrogens (primary N) is 1. The van der Waals surface area contributed by atoms with E-state index in [4.69, 9.17) is 10.5 Å². The van der Waals surface area contributed by atoms with Gasteiger partial charge in [-0.15, -0.1) is 0 Å². The SMILES string of the molecule is CCCCC(CCC)Nc1ccc(N)c(OCCC)n1. The molecule has 4 heteroatoms. The maximum Gasteiger partial charge on any atom is 0.239 e. The van der Waals surface area contributed by atoms with Crippen LogP contribution in [0.25, 0.3) is 0 Å². The van der Waals surface area contributed by atoms with Gasteiger partial charge in [0, 0.05) is 6.04 Å². The van der Waals surface area contributed by atoms with Gasteiger partial charge in [-0.2, -0.15) is 4.98 Å². The molecule has 1 aromatic rings. The molecule has 20 heavy (non-hydrogen) atoms. The van der Waals surface area contributed by atoms with Crippen LogP contribution in [0, 0.1) is 0 Å². The number of nitrogen functional groups attached to an aromatic ring is 1. The summed E-state index contributed by atoms with van der Waals surface area (Å²) in [7, 11) is 0. The van der Waals surface area contributed by atoms with E-state index in [0.717, 1.165) is 18.7 Å². The molecule has 1 unspecified atom stereocenters. The highest BCUT2D eigenvalue weighted by Gasteiger charge is 2.10. The average Bonchev–Trinajstić information content (AvgIpc) is 2.45. The molecule has 0 saturated carbocycles. The van der Waals surface area contributed by atoms with Crippen LogP contribution in [-0.4, -0.2) is 17.6 Å². The molecule has 0 amide bonds. The molecule has 3 N–H and O–H groups in total. The van der Waals surface area contributed by atoms with Gasteiger partial charge in [0.05, 0.1) is 12.3 Å². The minimum Gasteiger partial charge on any atom is -0.476 e. The summed E-state index contributed by atoms with van der Waals surface area (Å²) in [5.74, 6) is 1.41. The van der Waals surface area contributed by atoms with E-state index in [-0.39, 0.29) is 0 Å². The fraction of sp³-hybridized carbons (Fsp3) is 0.688. The second-order valence-electron chi connectivity index (χ2n) is 5.21. The molecule has 0 aliphatic rings. The lowest BCUT2D eigenvalue weighted by Gasteiger charge is -2.19. The van der Waals surface area contributed by atoms with E-state index in [0.29, 0.717) is 24.2 Å². The van der Waals surface area contributed by atoms with Crippen LogP contribution in [0.5, 0.6) is 5.88 Å². The van der Waals surface area contributed by atoms with Crippen molar-refractivity contribution in [1.82, 2.24) is 4.98 Å². The second kappa shape index (κ2) is 9.45. The molecule has 1 heterocycles. The van der Waals surface area contributed by atoms with Crippen LogP contribution >= 0.6 is 0 Å². The summed E-state index contributed by atoms with van der Waals surface area (Å²) in [6.45, 7) is 7.16. The molecule has 1 rings (SSSR count). The fourth-order valence-corrected chi connectivity index (χ4v) is 2.14. The lowest BCUT2D eigenvalue weighted by molar-refractivity contribution is 0.307. The maximum atomic E-state index is 5.88. The molecule has 114 valence electrons. The Morgan fingerprint density at radius 3 is 2.60 bits per heavy atom. The number of unbranched alkanes of at least 4 members (excludes halogenated alkanes) is 1. The highest BCUT2D eigenvalue weighted by Crippen LogP contribution is 2.22. The summed E-state index contributed by atoms with van der Waals surface area (Å²) in [5.41, 5.74) is 6.49. The zero-order valence-electron chi connectivity index (χ0n) is 13.1. The first-order valence-corrected chi connectivity index (χ1v) is 7.87. The number of aromatic nitrogens is 1. The average molecular weight is 279 g/mol. The number of ether oxygens (including phenoxy) is 1. The number of rotatable bonds is 10. The standard InChI is InChI=1S/C16H29N3O/c1-4-7-9-13(8-5-2)18-15-11-10-14(17)16(19-15)20-12-6-3/h10-11,13H,4-9,12,17H2,1-3H3,(H,18,19). The van der Waals surface area contributed by atoms with Crippen molar-refractivity contribution in [3.8, 4) is 5.88 Å². The molecule has 0 aliphatic heterocycles. The minimum absolute atomic E-state index is 0.482. The molecular weight excluding hydrogens is 250 g/mol. The van der Waals surface area contributed by atoms with Crippen molar-refractivity contribution in [3.63, 3.8) is 0 Å². The molecule has 1 aromatic heterocycles. The maximum absolute atomic E-state index is 5.88. The Labute approximate surface area is 123 Å². The first-order valence-electron chi connectivity index (χ1n) is 7.87. The van der Waals surface area contributed by atoms with Crippen molar-refractivity contribution in [2.24, 2.45) is 0 Å². The smallest absolute Gasteiger partial charge is 0.239 e. The number of pyridine rings is 1. The minimum atomic E-state index is 0.482. The van der Waals surface area contributed by atoms with Gasteiger partial charge in [-0.05, 0) is 31.4 Å². The summed E-state index contributed by atoms with van der Waals surface area (Å²) in [6, 6.07) is 4.28. The zero-order chi connectivity index (χ0) is 14.8. The van der Waals surface area contributed by atoms with Gasteiger partial charge in [0.15, 0.2) is 0 Å². The van der Waals surface area contributed by atoms with Crippen LogP contribution in [0.1, 0.15) is 59.3 Å². The Kier molecular flexibility index (Phi) is 7.85. The summed E-state index contributed by atoms with van der Waals surface area (Å²) in [6.07, 6.45) is 6.94. The Morgan fingerprint density at radius 1 is 1.15 bits per heavy atom. The van der Waals surface area contributed by atoms with E-state index in [2.05, 4.69) is 31.1 Å². The Hall–Kier alpha value is -1.45. The van der Waals surface area contributed by atoms with Crippen LogP contribution in [0.4, 0.5) is 11.5 Å². The van der Waals surface area contributed by atoms with Gasteiger partial charge >= 0.3 is 0 Å². The van der Waals surface area contributed by atoms with E-state index in [1.54, 1.807) is 0 Å². The molecule has 0 aliphatic carbocycles. The Balaban J connectivity index is 2.68. The van der Waals surface area contributed by atoms with E-state index in [9.17, 15) is 0 Å². The van der Waals surface area contributed by atoms with Crippen molar-refractivity contribution in [2.45, 2.75) is 65.3 Å². The van der Waals surface area contributed by atoms with E-state index in [1.165, 1.54) is 25.7 Å². The summed E-state index contributed by atoms with van der Waals surface area (Å²) in [5, 5.41) is 3.51. The largest absolute Gasteiger partial charge is 0.476 e. The van der Waals surface area contributed by atoms with Crippen LogP contribution in [0.3, 0.4) is 0 Å². The number of nitrogens with zero attached hydrogens (tertiary/aromatic N) is 1. The van der Waals surface area contributed by atoms with Crippen LogP contribution < -0.4 is 15.8 Å². The third-order valence-corrected chi connectivity index (χ3v) is 3.23. The molecule has 0 fully saturated rings. The van der Waals surface area contributed by atoms with E-state index in [1.807, 2.05) is 12.1 Å². The fourth-order valence-electron chi connectivity index (χ4n) is 2.14. The van der Waals surface area contributed by atoms with Gasteiger partial charge in [-0.3, -0.25) is 0 Å². The van der Waals surface area contributed by atoms with Crippen LogP contribution in [-0.2, 0) is 0 Å². The van der Waals surface area contributed by atoms with Gasteiger partial charge in [0.2, 0.25) is 5.88 Å². The van der Waals surface area contributed by atoms with Gasteiger partial charge in [0.25, 0.3) is 0 Å². The van der Waals surface area contributed by atoms with Crippen LogP contribution in [0.2, 0.25) is 0 Å². The molecule has 4 nitrogen and oxygen atoms in total. The topological polar surface area (TPSA) is 60.2 Å². The number of nitrogens with one attached hydrogen (secondary N) is 1. The molecule has 0 aromatic carbocycles. The number of hydrogen-bond donors (Lipinski definition) is 2. The summed E-state index contributed by atoms with van der Waals surface area (Å²) < 4.78 is 5.57. The highest BCUT2D eigenvalue weighted by molar-refractivity contribution is 5.53. The van der Waals surface area contributed by atoms with Gasteiger partial charge < -0.3 is 15.8 Å². The first kappa shape index (κ1) is 16.6. The predicted molar refractivity (Wildman–Crippen MR) is 86.3 cm³/mol. The van der Waals surface area contributed by atoms with Gasteiger partial charge in [0.1, 0.15) is 5.82 Å². The molecule has 1 atom stereocenters. The normalized spacial score (nSPS) is 12.2. The van der Waals surface area contributed by atoms with E-state index < -0.39 is 0 Å². The second-order valence-corrected chi connectivity index (χ2v) is 5.21. The lowest BCUT2D eigenvalue weighted by atomic mass is 10.1. The number of anilines is 2. The van der Waals surface area contributed by atoms with Crippen molar-refractivity contribution in [3.05, 3.63) is 12.1 Å². The summed E-state index contributed by atoms with van der Waals surface area (Å²) in [4.78, 5) is 4.48. The Morgan fingerprint density at radius 2 is 1.95 bits per heavy atom. The van der Waals surface area contributed by atoms with Crippen molar-refractivity contribution in [1.29, 1.82) is 0 Å². The number of hydrogen-bond acceptors (Lipinski definition) is 4. The van der Waals surface area contributed by atoms with Gasteiger partial charge in [-0.1, -0.05) is 40.0 Å². The van der Waals surface area contributed by atoms with Crippen molar-refractivity contribution < 1.29 is 4.74 Å². The predicted octanol–water partition coefficient (Wildman–Crippen LogP) is 4.22. The first-order chi connectivity index (χ1) is 9.71. The van der Waals surface area contributed by atoms with Crippen molar-refractivity contribution in [2.75, 3.05) is 17.7 Å². The van der Waals surface area contributed by atoms with Crippen molar-refractivity contribution >= 4 is 11.5 Å². The quantitative estimate of drug-likeness (QED) is 0.673. The van der Waals surface area contributed by atoms with Gasteiger partial charge in [-0.25, -0.2) is 0 Å². The molecule has 0 saturated heterocycles. The third-order valence-electron chi connectivity index (χ3n) is 3.23. The molecule has 0 radical (unpaired) electrons. The summed E-state index contributed by atoms with van der Waals surface area (Å²) >= 11 is 0. The molecule has 0 bridgehead atoms. The zero-order valence-corrected chi connectivity index (χ0v) is 13.1. The highest BCUT2D eigenvalue weighted by atomic mass is 16.5. The third kappa shape index (κ3) is 5.68. The van der Waals surface area contributed by atoms with E-state index >= 15 is 0 Å². The Bertz CT molecular complexity index is 382. The lowest BCUT2D eigenvalue weighted by Crippen LogP contribution is -2.20.